The summed E-state index contributed by atoms with van der Waals surface area (Å²) in [7, 11) is 0. The molecule has 1 amide bonds. The average molecular weight is 262 g/mol. The Labute approximate surface area is 110 Å². The third-order valence-corrected chi connectivity index (χ3v) is 3.13. The summed E-state index contributed by atoms with van der Waals surface area (Å²) < 4.78 is 5.54. The van der Waals surface area contributed by atoms with Crippen LogP contribution in [-0.4, -0.2) is 44.8 Å². The number of rotatable bonds is 3. The molecular weight excluding hydrogens is 248 g/mol. The summed E-state index contributed by atoms with van der Waals surface area (Å²) in [4.78, 5) is 20.3. The Morgan fingerprint density at radius 2 is 2.53 bits per heavy atom. The lowest BCUT2D eigenvalue weighted by Gasteiger charge is -2.26. The van der Waals surface area contributed by atoms with Gasteiger partial charge in [-0.15, -0.1) is 0 Å². The summed E-state index contributed by atoms with van der Waals surface area (Å²) in [6.45, 7) is 2.31. The highest BCUT2D eigenvalue weighted by Gasteiger charge is 2.34. The first-order valence-corrected chi connectivity index (χ1v) is 6.01. The van der Waals surface area contributed by atoms with Gasteiger partial charge in [-0.2, -0.15) is 10.2 Å². The molecular formula is C12H14N4O3. The second-order valence-electron chi connectivity index (χ2n) is 4.34. The second-order valence-corrected chi connectivity index (χ2v) is 4.34. The SMILES string of the molecule is CC(Oc1nccc(C#N)n1)[C@@H]1CCCN1C(=O)O. The van der Waals surface area contributed by atoms with E-state index in [1.807, 2.05) is 6.07 Å². The molecule has 7 heteroatoms. The van der Waals surface area contributed by atoms with Gasteiger partial charge in [0.2, 0.25) is 0 Å². The third-order valence-electron chi connectivity index (χ3n) is 3.13. The summed E-state index contributed by atoms with van der Waals surface area (Å²) in [6, 6.07) is 3.28. The molecule has 0 radical (unpaired) electrons. The molecule has 2 rings (SSSR count). The van der Waals surface area contributed by atoms with E-state index in [4.69, 9.17) is 15.1 Å². The molecule has 1 aliphatic rings. The zero-order valence-electron chi connectivity index (χ0n) is 10.5. The molecule has 7 nitrogen and oxygen atoms in total. The van der Waals surface area contributed by atoms with Gasteiger partial charge in [-0.1, -0.05) is 0 Å². The van der Waals surface area contributed by atoms with Crippen molar-refractivity contribution < 1.29 is 14.6 Å². The largest absolute Gasteiger partial charge is 0.465 e. The number of ether oxygens (including phenoxy) is 1. The van der Waals surface area contributed by atoms with Crippen LogP contribution in [0.2, 0.25) is 0 Å². The Hall–Kier alpha value is -2.36. The number of amides is 1. The predicted molar refractivity (Wildman–Crippen MR) is 64.6 cm³/mol. The Morgan fingerprint density at radius 1 is 1.74 bits per heavy atom. The fraction of sp³-hybridized carbons (Fsp3) is 0.500. The molecule has 0 spiro atoms. The molecule has 0 saturated carbocycles. The highest BCUT2D eigenvalue weighted by atomic mass is 16.5. The zero-order chi connectivity index (χ0) is 13.8. The van der Waals surface area contributed by atoms with E-state index in [1.54, 1.807) is 6.92 Å². The summed E-state index contributed by atoms with van der Waals surface area (Å²) in [5.41, 5.74) is 0.221. The van der Waals surface area contributed by atoms with E-state index in [0.29, 0.717) is 6.54 Å². The van der Waals surface area contributed by atoms with Crippen LogP contribution in [0.25, 0.3) is 0 Å². The Bertz CT molecular complexity index is 514. The summed E-state index contributed by atoms with van der Waals surface area (Å²) in [6.07, 6.45) is 1.73. The van der Waals surface area contributed by atoms with Crippen LogP contribution in [0.1, 0.15) is 25.5 Å². The lowest BCUT2D eigenvalue weighted by atomic mass is 10.1. The summed E-state index contributed by atoms with van der Waals surface area (Å²) in [5, 5.41) is 17.8. The van der Waals surface area contributed by atoms with Gasteiger partial charge in [-0.25, -0.2) is 9.78 Å². The van der Waals surface area contributed by atoms with Crippen LogP contribution in [0.4, 0.5) is 4.79 Å². The molecule has 1 unspecified atom stereocenters. The van der Waals surface area contributed by atoms with Crippen molar-refractivity contribution in [3.05, 3.63) is 18.0 Å². The molecule has 1 aromatic heterocycles. The van der Waals surface area contributed by atoms with Gasteiger partial charge in [-0.05, 0) is 25.8 Å². The fourth-order valence-electron chi connectivity index (χ4n) is 2.22. The van der Waals surface area contributed by atoms with Crippen LogP contribution in [0.3, 0.4) is 0 Å². The first-order valence-electron chi connectivity index (χ1n) is 6.01. The van der Waals surface area contributed by atoms with Crippen LogP contribution in [-0.2, 0) is 0 Å². The first-order chi connectivity index (χ1) is 9.11. The van der Waals surface area contributed by atoms with Gasteiger partial charge < -0.3 is 14.7 Å². The molecule has 1 N–H and O–H groups in total. The van der Waals surface area contributed by atoms with Gasteiger partial charge in [-0.3, -0.25) is 0 Å². The Kier molecular flexibility index (Phi) is 3.80. The Morgan fingerprint density at radius 3 is 3.21 bits per heavy atom. The van der Waals surface area contributed by atoms with Gasteiger partial charge >= 0.3 is 12.1 Å². The van der Waals surface area contributed by atoms with E-state index < -0.39 is 6.09 Å². The van der Waals surface area contributed by atoms with E-state index in [-0.39, 0.29) is 23.9 Å². The highest BCUT2D eigenvalue weighted by molar-refractivity contribution is 5.65. The minimum Gasteiger partial charge on any atom is -0.465 e. The van der Waals surface area contributed by atoms with Crippen molar-refractivity contribution in [1.82, 2.24) is 14.9 Å². The maximum absolute atomic E-state index is 11.1. The normalized spacial score (nSPS) is 19.8. The van der Waals surface area contributed by atoms with E-state index in [2.05, 4.69) is 9.97 Å². The summed E-state index contributed by atoms with van der Waals surface area (Å²) in [5.74, 6) is 0. The molecule has 1 fully saturated rings. The molecule has 2 atom stereocenters. The highest BCUT2D eigenvalue weighted by Crippen LogP contribution is 2.22. The standard InChI is InChI=1S/C12H14N4O3/c1-8(10-3-2-6-16(10)12(17)18)19-11-14-5-4-9(7-13)15-11/h4-5,8,10H,2-3,6H2,1H3,(H,17,18)/t8?,10-/m0/s1. The maximum Gasteiger partial charge on any atom is 0.407 e. The van der Waals surface area contributed by atoms with Gasteiger partial charge in [0.25, 0.3) is 0 Å². The number of likely N-dealkylation sites (tertiary alicyclic amines) is 1. The smallest absolute Gasteiger partial charge is 0.407 e. The number of nitrogens with zero attached hydrogens (tertiary/aromatic N) is 4. The predicted octanol–water partition coefficient (Wildman–Crippen LogP) is 1.26. The van der Waals surface area contributed by atoms with Gasteiger partial charge in [0, 0.05) is 12.7 Å². The molecule has 19 heavy (non-hydrogen) atoms. The molecule has 1 aromatic rings. The van der Waals surface area contributed by atoms with Crippen LogP contribution >= 0.6 is 0 Å². The van der Waals surface area contributed by atoms with Crippen molar-refractivity contribution in [2.75, 3.05) is 6.54 Å². The number of hydrogen-bond acceptors (Lipinski definition) is 5. The van der Waals surface area contributed by atoms with Crippen molar-refractivity contribution in [3.63, 3.8) is 0 Å². The van der Waals surface area contributed by atoms with Crippen molar-refractivity contribution >= 4 is 6.09 Å². The topological polar surface area (TPSA) is 99.3 Å². The lowest BCUT2D eigenvalue weighted by molar-refractivity contribution is 0.0856. The first kappa shape index (κ1) is 13.1. The fourth-order valence-corrected chi connectivity index (χ4v) is 2.22. The van der Waals surface area contributed by atoms with E-state index in [0.717, 1.165) is 12.8 Å². The molecule has 0 aliphatic carbocycles. The van der Waals surface area contributed by atoms with Crippen LogP contribution in [0.15, 0.2) is 12.3 Å². The van der Waals surface area contributed by atoms with E-state index in [1.165, 1.54) is 17.2 Å². The maximum atomic E-state index is 11.1. The molecule has 0 aromatic carbocycles. The number of nitriles is 1. The van der Waals surface area contributed by atoms with Gasteiger partial charge in [0.15, 0.2) is 0 Å². The minimum absolute atomic E-state index is 0.101. The number of carboxylic acid groups (broad SMARTS) is 1. The van der Waals surface area contributed by atoms with Crippen LogP contribution in [0, 0.1) is 11.3 Å². The average Bonchev–Trinajstić information content (AvgIpc) is 2.88. The molecule has 2 heterocycles. The van der Waals surface area contributed by atoms with Crippen molar-refractivity contribution in [2.24, 2.45) is 0 Å². The molecule has 0 bridgehead atoms. The monoisotopic (exact) mass is 262 g/mol. The molecule has 100 valence electrons. The van der Waals surface area contributed by atoms with Crippen molar-refractivity contribution in [2.45, 2.75) is 31.9 Å². The Balaban J connectivity index is 2.06. The van der Waals surface area contributed by atoms with E-state index in [9.17, 15) is 4.79 Å². The molecule has 1 saturated heterocycles. The van der Waals surface area contributed by atoms with Crippen LogP contribution in [0.5, 0.6) is 6.01 Å². The number of carbonyl (C=O) groups is 1. The van der Waals surface area contributed by atoms with Crippen molar-refractivity contribution in [3.8, 4) is 12.1 Å². The lowest BCUT2D eigenvalue weighted by Crippen LogP contribution is -2.43. The van der Waals surface area contributed by atoms with E-state index >= 15 is 0 Å². The van der Waals surface area contributed by atoms with Gasteiger partial charge in [0.1, 0.15) is 17.9 Å². The molecule has 1 aliphatic heterocycles. The third kappa shape index (κ3) is 2.91. The number of hydrogen-bond donors (Lipinski definition) is 1. The number of aromatic nitrogens is 2. The second kappa shape index (κ2) is 5.52. The van der Waals surface area contributed by atoms with Crippen LogP contribution < -0.4 is 4.74 Å². The zero-order valence-corrected chi connectivity index (χ0v) is 10.5. The summed E-state index contributed by atoms with van der Waals surface area (Å²) >= 11 is 0. The quantitative estimate of drug-likeness (QED) is 0.880. The van der Waals surface area contributed by atoms with Gasteiger partial charge in [0.05, 0.1) is 6.04 Å². The van der Waals surface area contributed by atoms with Crippen molar-refractivity contribution in [1.29, 1.82) is 5.26 Å². The minimum atomic E-state index is -0.940.